The molecule has 0 aromatic heterocycles. The minimum absolute atomic E-state index is 0.430. The van der Waals surface area contributed by atoms with E-state index in [4.69, 9.17) is 0 Å². The molecule has 0 amide bonds. The Balaban J connectivity index is 2.41. The second-order valence-electron chi connectivity index (χ2n) is 7.99. The molecule has 6 heteroatoms. The van der Waals surface area contributed by atoms with Crippen LogP contribution in [0.15, 0.2) is 0 Å². The molecule has 6 nitrogen and oxygen atoms in total. The first kappa shape index (κ1) is 21.8. The molecular formula is C18H42N6. The third-order valence-electron chi connectivity index (χ3n) is 4.50. The Bertz CT molecular complexity index is 254. The molecule has 0 aliphatic carbocycles. The Morgan fingerprint density at radius 2 is 0.750 bits per heavy atom. The molecule has 0 bridgehead atoms. The molecule has 0 radical (unpaired) electrons. The summed E-state index contributed by atoms with van der Waals surface area (Å²) in [4.78, 5) is 6.80. The molecule has 24 heavy (non-hydrogen) atoms. The van der Waals surface area contributed by atoms with Crippen LogP contribution in [-0.4, -0.2) is 95.1 Å². The van der Waals surface area contributed by atoms with Gasteiger partial charge in [-0.25, -0.2) is 0 Å². The van der Waals surface area contributed by atoms with Gasteiger partial charge in [-0.05, 0) is 100 Å². The molecule has 3 N–H and O–H groups in total. The van der Waals surface area contributed by atoms with Gasteiger partial charge in [-0.15, -0.1) is 0 Å². The van der Waals surface area contributed by atoms with E-state index in [1.165, 1.54) is 38.5 Å². The summed E-state index contributed by atoms with van der Waals surface area (Å²) in [6.07, 6.45) is 8.54. The van der Waals surface area contributed by atoms with Crippen LogP contribution in [0.2, 0.25) is 0 Å². The predicted molar refractivity (Wildman–Crippen MR) is 104 cm³/mol. The quantitative estimate of drug-likeness (QED) is 0.487. The fourth-order valence-corrected chi connectivity index (χ4v) is 3.21. The third kappa shape index (κ3) is 10.6. The van der Waals surface area contributed by atoms with E-state index in [-0.39, 0.29) is 0 Å². The van der Waals surface area contributed by atoms with E-state index in [9.17, 15) is 0 Å². The summed E-state index contributed by atoms with van der Waals surface area (Å²) in [6.45, 7) is 3.47. The molecule has 0 spiro atoms. The first-order valence-corrected chi connectivity index (χ1v) is 9.59. The Morgan fingerprint density at radius 3 is 0.958 bits per heavy atom. The van der Waals surface area contributed by atoms with Crippen LogP contribution in [-0.2, 0) is 0 Å². The molecule has 1 fully saturated rings. The Labute approximate surface area is 150 Å². The SMILES string of the molecule is CN(C)CCCC1NC(CCCN(C)C)NC(CCCN(C)C)N1. The van der Waals surface area contributed by atoms with Crippen LogP contribution < -0.4 is 16.0 Å². The fourth-order valence-electron chi connectivity index (χ4n) is 3.21. The van der Waals surface area contributed by atoms with Crippen molar-refractivity contribution >= 4 is 0 Å². The molecule has 1 heterocycles. The van der Waals surface area contributed by atoms with Gasteiger partial charge in [0.25, 0.3) is 0 Å². The zero-order valence-electron chi connectivity index (χ0n) is 16.9. The van der Waals surface area contributed by atoms with Gasteiger partial charge in [0, 0.05) is 0 Å². The average Bonchev–Trinajstić information content (AvgIpc) is 2.46. The lowest BCUT2D eigenvalue weighted by Crippen LogP contribution is -2.67. The maximum absolute atomic E-state index is 3.76. The van der Waals surface area contributed by atoms with Gasteiger partial charge in [0.05, 0.1) is 18.5 Å². The maximum atomic E-state index is 3.76. The standard InChI is InChI=1S/C18H42N6/c1-22(2)13-7-10-16-19-17(11-8-14-23(3)4)21-18(20-16)12-9-15-24(5)6/h16-21H,7-15H2,1-6H3. The minimum atomic E-state index is 0.430. The first-order valence-electron chi connectivity index (χ1n) is 9.59. The highest BCUT2D eigenvalue weighted by Gasteiger charge is 2.25. The highest BCUT2D eigenvalue weighted by molar-refractivity contribution is 4.83. The summed E-state index contributed by atoms with van der Waals surface area (Å²) < 4.78 is 0. The van der Waals surface area contributed by atoms with Gasteiger partial charge in [0.1, 0.15) is 0 Å². The zero-order chi connectivity index (χ0) is 17.9. The van der Waals surface area contributed by atoms with E-state index >= 15 is 0 Å². The molecule has 0 unspecified atom stereocenters. The summed E-state index contributed by atoms with van der Waals surface area (Å²) in [5, 5.41) is 11.3. The van der Waals surface area contributed by atoms with Gasteiger partial charge in [0.2, 0.25) is 0 Å². The minimum Gasteiger partial charge on any atom is -0.309 e. The van der Waals surface area contributed by atoms with E-state index < -0.39 is 0 Å². The van der Waals surface area contributed by atoms with E-state index in [1.807, 2.05) is 0 Å². The second kappa shape index (κ2) is 12.2. The highest BCUT2D eigenvalue weighted by Crippen LogP contribution is 2.09. The summed E-state index contributed by atoms with van der Waals surface area (Å²) in [6, 6.07) is 0. The van der Waals surface area contributed by atoms with Crippen LogP contribution in [0, 0.1) is 0 Å². The van der Waals surface area contributed by atoms with Gasteiger partial charge in [-0.3, -0.25) is 16.0 Å². The lowest BCUT2D eigenvalue weighted by atomic mass is 10.1. The predicted octanol–water partition coefficient (Wildman–Crippen LogP) is 0.773. The van der Waals surface area contributed by atoms with E-state index in [0.717, 1.165) is 19.6 Å². The number of hydrogen-bond acceptors (Lipinski definition) is 6. The number of rotatable bonds is 12. The van der Waals surface area contributed by atoms with Crippen LogP contribution in [0.3, 0.4) is 0 Å². The first-order chi connectivity index (χ1) is 11.4. The maximum Gasteiger partial charge on any atom is 0.0596 e. The molecule has 144 valence electrons. The Hall–Kier alpha value is -0.240. The van der Waals surface area contributed by atoms with Crippen molar-refractivity contribution in [2.75, 3.05) is 61.9 Å². The molecule has 1 rings (SSSR count). The van der Waals surface area contributed by atoms with Crippen LogP contribution >= 0.6 is 0 Å². The number of nitrogens with zero attached hydrogens (tertiary/aromatic N) is 3. The molecular weight excluding hydrogens is 300 g/mol. The fraction of sp³-hybridized carbons (Fsp3) is 1.00. The lowest BCUT2D eigenvalue weighted by molar-refractivity contribution is 0.166. The highest BCUT2D eigenvalue weighted by atomic mass is 15.3. The van der Waals surface area contributed by atoms with Crippen molar-refractivity contribution in [1.29, 1.82) is 0 Å². The van der Waals surface area contributed by atoms with Gasteiger partial charge in [-0.2, -0.15) is 0 Å². The van der Waals surface area contributed by atoms with Crippen molar-refractivity contribution < 1.29 is 0 Å². The van der Waals surface area contributed by atoms with E-state index in [1.54, 1.807) is 0 Å². The van der Waals surface area contributed by atoms with Gasteiger partial charge in [0.15, 0.2) is 0 Å². The largest absolute Gasteiger partial charge is 0.309 e. The van der Waals surface area contributed by atoms with Gasteiger partial charge in [-0.1, -0.05) is 0 Å². The van der Waals surface area contributed by atoms with Crippen molar-refractivity contribution in [3.63, 3.8) is 0 Å². The molecule has 1 aliphatic heterocycles. The number of nitrogens with one attached hydrogen (secondary N) is 3. The Morgan fingerprint density at radius 1 is 0.500 bits per heavy atom. The van der Waals surface area contributed by atoms with Crippen molar-refractivity contribution in [1.82, 2.24) is 30.7 Å². The van der Waals surface area contributed by atoms with E-state index in [0.29, 0.717) is 18.5 Å². The summed E-state index contributed by atoms with van der Waals surface area (Å²) in [5.41, 5.74) is 0. The van der Waals surface area contributed by atoms with Crippen molar-refractivity contribution in [3.05, 3.63) is 0 Å². The molecule has 1 saturated heterocycles. The normalized spacial score (nSPS) is 25.1. The monoisotopic (exact) mass is 342 g/mol. The molecule has 0 saturated carbocycles. The van der Waals surface area contributed by atoms with E-state index in [2.05, 4.69) is 72.9 Å². The average molecular weight is 343 g/mol. The molecule has 0 aromatic carbocycles. The van der Waals surface area contributed by atoms with Crippen LogP contribution in [0.5, 0.6) is 0 Å². The van der Waals surface area contributed by atoms with Crippen LogP contribution in [0.4, 0.5) is 0 Å². The Kier molecular flexibility index (Phi) is 11.1. The summed E-state index contributed by atoms with van der Waals surface area (Å²) in [7, 11) is 12.9. The summed E-state index contributed by atoms with van der Waals surface area (Å²) >= 11 is 0. The molecule has 0 aromatic rings. The van der Waals surface area contributed by atoms with Gasteiger partial charge >= 0.3 is 0 Å². The number of hydrogen-bond donors (Lipinski definition) is 3. The van der Waals surface area contributed by atoms with Crippen molar-refractivity contribution in [3.8, 4) is 0 Å². The third-order valence-corrected chi connectivity index (χ3v) is 4.50. The van der Waals surface area contributed by atoms with Crippen molar-refractivity contribution in [2.24, 2.45) is 0 Å². The summed E-state index contributed by atoms with van der Waals surface area (Å²) in [5.74, 6) is 0. The van der Waals surface area contributed by atoms with Crippen molar-refractivity contribution in [2.45, 2.75) is 57.0 Å². The van der Waals surface area contributed by atoms with Crippen LogP contribution in [0.25, 0.3) is 0 Å². The van der Waals surface area contributed by atoms with Gasteiger partial charge < -0.3 is 14.7 Å². The van der Waals surface area contributed by atoms with Crippen LogP contribution in [0.1, 0.15) is 38.5 Å². The second-order valence-corrected chi connectivity index (χ2v) is 7.99. The molecule has 0 atom stereocenters. The smallest absolute Gasteiger partial charge is 0.0596 e. The lowest BCUT2D eigenvalue weighted by Gasteiger charge is -2.39. The zero-order valence-corrected chi connectivity index (χ0v) is 16.9. The molecule has 1 aliphatic rings. The topological polar surface area (TPSA) is 45.8 Å².